The third kappa shape index (κ3) is 6.83. The minimum Gasteiger partial charge on any atom is -0.487 e. The zero-order chi connectivity index (χ0) is 28.3. The molecule has 0 aliphatic carbocycles. The Hall–Kier alpha value is -3.60. The summed E-state index contributed by atoms with van der Waals surface area (Å²) in [6.07, 6.45) is 2.47. The number of likely N-dealkylation sites (tertiary alicyclic amines) is 1. The number of halogens is 2. The van der Waals surface area contributed by atoms with Gasteiger partial charge in [-0.05, 0) is 67.6 Å². The van der Waals surface area contributed by atoms with E-state index in [1.165, 1.54) is 24.2 Å². The van der Waals surface area contributed by atoms with E-state index in [1.54, 1.807) is 24.3 Å². The van der Waals surface area contributed by atoms with Crippen molar-refractivity contribution in [3.05, 3.63) is 83.4 Å². The molecule has 2 amide bonds. The number of thioether (sulfide) groups is 1. The van der Waals surface area contributed by atoms with Gasteiger partial charge in [0.2, 0.25) is 0 Å². The Bertz CT molecular complexity index is 1570. The molecule has 8 nitrogen and oxygen atoms in total. The van der Waals surface area contributed by atoms with Crippen LogP contribution in [0, 0.1) is 5.82 Å². The topological polar surface area (TPSA) is 82.6 Å². The minimum absolute atomic E-state index is 0.104. The highest BCUT2D eigenvalue weighted by Gasteiger charge is 2.32. The summed E-state index contributed by atoms with van der Waals surface area (Å²) in [7, 11) is 2.16. The molecule has 1 unspecified atom stereocenters. The van der Waals surface area contributed by atoms with Crippen molar-refractivity contribution in [1.82, 2.24) is 19.8 Å². The molecule has 2 N–H and O–H groups in total. The molecule has 1 aromatic heterocycles. The molecule has 0 bridgehead atoms. The van der Waals surface area contributed by atoms with Crippen LogP contribution in [0.2, 0.25) is 5.02 Å². The summed E-state index contributed by atoms with van der Waals surface area (Å²) in [4.78, 5) is 26.1. The van der Waals surface area contributed by atoms with E-state index in [2.05, 4.69) is 32.5 Å². The van der Waals surface area contributed by atoms with Crippen LogP contribution in [-0.4, -0.2) is 69.5 Å². The molecule has 0 radical (unpaired) electrons. The summed E-state index contributed by atoms with van der Waals surface area (Å²) < 4.78 is 19.2. The maximum atomic E-state index is 13.5. The number of rotatable bonds is 9. The van der Waals surface area contributed by atoms with E-state index in [4.69, 9.17) is 16.3 Å². The molecular formula is C30H30ClFN6O2S. The molecule has 2 aliphatic rings. The molecule has 4 aromatic rings. The Morgan fingerprint density at radius 2 is 2.02 bits per heavy atom. The van der Waals surface area contributed by atoms with Crippen molar-refractivity contribution in [3.8, 4) is 5.75 Å². The summed E-state index contributed by atoms with van der Waals surface area (Å²) in [5.41, 5.74) is 2.83. The molecule has 11 heteroatoms. The second-order valence-electron chi connectivity index (χ2n) is 10.4. The molecule has 2 atom stereocenters. The van der Waals surface area contributed by atoms with Crippen LogP contribution in [0.5, 0.6) is 5.75 Å². The summed E-state index contributed by atoms with van der Waals surface area (Å²) >= 11 is 8.48. The Morgan fingerprint density at radius 1 is 1.17 bits per heavy atom. The Balaban J connectivity index is 1.11. The van der Waals surface area contributed by atoms with Crippen LogP contribution >= 0.6 is 23.4 Å². The van der Waals surface area contributed by atoms with Gasteiger partial charge in [-0.3, -0.25) is 0 Å². The zero-order valence-electron chi connectivity index (χ0n) is 22.5. The number of aromatic nitrogens is 2. The summed E-state index contributed by atoms with van der Waals surface area (Å²) in [5.74, 6) is 2.00. The number of carbonyl (C=O) groups excluding carboxylic acids is 1. The first-order chi connectivity index (χ1) is 19.9. The average Bonchev–Trinajstić information content (AvgIpc) is 3.63. The van der Waals surface area contributed by atoms with Crippen molar-refractivity contribution in [3.63, 3.8) is 0 Å². The number of carbonyl (C=O) groups is 1. The second kappa shape index (κ2) is 12.1. The lowest BCUT2D eigenvalue weighted by Crippen LogP contribution is -2.39. The van der Waals surface area contributed by atoms with E-state index in [0.717, 1.165) is 42.2 Å². The van der Waals surface area contributed by atoms with Crippen LogP contribution in [0.25, 0.3) is 10.9 Å². The molecule has 0 saturated carbocycles. The van der Waals surface area contributed by atoms with Gasteiger partial charge in [-0.15, -0.1) is 0 Å². The van der Waals surface area contributed by atoms with Gasteiger partial charge in [0.15, 0.2) is 0 Å². The van der Waals surface area contributed by atoms with E-state index in [9.17, 15) is 9.18 Å². The van der Waals surface area contributed by atoms with Crippen LogP contribution < -0.4 is 15.4 Å². The number of hydrogen-bond donors (Lipinski definition) is 2. The first kappa shape index (κ1) is 27.6. The smallest absolute Gasteiger partial charge is 0.321 e. The zero-order valence-corrected chi connectivity index (χ0v) is 24.1. The molecule has 6 rings (SSSR count). The number of nitrogens with one attached hydrogen (secondary N) is 2. The van der Waals surface area contributed by atoms with Gasteiger partial charge in [0, 0.05) is 53.4 Å². The molecule has 3 aromatic carbocycles. The molecule has 2 fully saturated rings. The molecule has 3 heterocycles. The first-order valence-electron chi connectivity index (χ1n) is 13.5. The standard InChI is InChI=1S/C30H30ClFN6O2S/c1-37(15-24-17-41-24)23-9-10-38(14-23)30(39)36-21-5-7-27-25(12-21)29(34-18-33-27)35-22-6-8-28(26(31)13-22)40-16-19-3-2-4-20(32)11-19/h2-8,11-13,18,23-24H,9-10,14-17H2,1H3,(H,36,39)(H,33,34,35)/t23-,24?/m0/s1. The number of likely N-dealkylation sites (N-methyl/N-ethyl adjacent to an activating group) is 1. The number of urea groups is 1. The third-order valence-corrected chi connectivity index (χ3v) is 8.58. The number of ether oxygens (including phenoxy) is 1. The predicted octanol–water partition coefficient (Wildman–Crippen LogP) is 6.40. The van der Waals surface area contributed by atoms with Crippen LogP contribution in [0.3, 0.4) is 0 Å². The van der Waals surface area contributed by atoms with E-state index in [1.807, 2.05) is 40.9 Å². The van der Waals surface area contributed by atoms with E-state index in [-0.39, 0.29) is 18.5 Å². The van der Waals surface area contributed by atoms with E-state index < -0.39 is 0 Å². The molecule has 0 spiro atoms. The van der Waals surface area contributed by atoms with Crippen LogP contribution in [0.15, 0.2) is 67.0 Å². The highest BCUT2D eigenvalue weighted by molar-refractivity contribution is 8.06. The van der Waals surface area contributed by atoms with Crippen molar-refractivity contribution in [1.29, 1.82) is 0 Å². The number of amides is 2. The predicted molar refractivity (Wildman–Crippen MR) is 163 cm³/mol. The number of nitrogens with zero attached hydrogens (tertiary/aromatic N) is 4. The molecule has 2 aliphatic heterocycles. The Morgan fingerprint density at radius 3 is 2.83 bits per heavy atom. The van der Waals surface area contributed by atoms with Gasteiger partial charge in [0.25, 0.3) is 0 Å². The van der Waals surface area contributed by atoms with Gasteiger partial charge < -0.3 is 25.2 Å². The normalized spacial score (nSPS) is 18.1. The van der Waals surface area contributed by atoms with Gasteiger partial charge >= 0.3 is 6.03 Å². The van der Waals surface area contributed by atoms with Crippen molar-refractivity contribution in [2.75, 3.05) is 43.1 Å². The molecule has 2 saturated heterocycles. The monoisotopic (exact) mass is 592 g/mol. The SMILES string of the molecule is CN(CC1CS1)[C@H]1CCN(C(=O)Nc2ccc3ncnc(Nc4ccc(OCc5cccc(F)c5)c(Cl)c4)c3c2)C1. The summed E-state index contributed by atoms with van der Waals surface area (Å²) in [6.45, 7) is 2.75. The van der Waals surface area contributed by atoms with Crippen molar-refractivity contribution in [2.45, 2.75) is 24.3 Å². The maximum Gasteiger partial charge on any atom is 0.321 e. The maximum absolute atomic E-state index is 13.5. The number of fused-ring (bicyclic) bond motifs is 1. The lowest BCUT2D eigenvalue weighted by Gasteiger charge is -2.24. The first-order valence-corrected chi connectivity index (χ1v) is 14.9. The van der Waals surface area contributed by atoms with Crippen LogP contribution in [0.1, 0.15) is 12.0 Å². The second-order valence-corrected chi connectivity index (χ2v) is 12.1. The fourth-order valence-corrected chi connectivity index (χ4v) is 5.80. The molecule has 41 heavy (non-hydrogen) atoms. The number of anilines is 3. The van der Waals surface area contributed by atoms with Crippen LogP contribution in [-0.2, 0) is 6.61 Å². The lowest BCUT2D eigenvalue weighted by molar-refractivity contribution is 0.211. The molecular weight excluding hydrogens is 563 g/mol. The van der Waals surface area contributed by atoms with Gasteiger partial charge in [-0.2, -0.15) is 11.8 Å². The third-order valence-electron chi connectivity index (χ3n) is 7.33. The average molecular weight is 593 g/mol. The van der Waals surface area contributed by atoms with Gasteiger partial charge in [0.05, 0.1) is 10.5 Å². The quantitative estimate of drug-likeness (QED) is 0.218. The lowest BCUT2D eigenvalue weighted by atomic mass is 10.2. The Kier molecular flexibility index (Phi) is 8.13. The minimum atomic E-state index is -0.312. The fraction of sp³-hybridized carbons (Fsp3) is 0.300. The summed E-state index contributed by atoms with van der Waals surface area (Å²) in [5, 5.41) is 8.26. The van der Waals surface area contributed by atoms with Gasteiger partial charge in [-0.25, -0.2) is 19.2 Å². The fourth-order valence-electron chi connectivity index (χ4n) is 4.99. The molecule has 212 valence electrons. The highest BCUT2D eigenvalue weighted by Crippen LogP contribution is 2.33. The van der Waals surface area contributed by atoms with Gasteiger partial charge in [-0.1, -0.05) is 23.7 Å². The number of benzene rings is 3. The van der Waals surface area contributed by atoms with Crippen molar-refractivity contribution >= 4 is 57.5 Å². The largest absolute Gasteiger partial charge is 0.487 e. The van der Waals surface area contributed by atoms with Crippen molar-refractivity contribution in [2.24, 2.45) is 0 Å². The van der Waals surface area contributed by atoms with Gasteiger partial charge in [0.1, 0.15) is 30.3 Å². The Labute approximate surface area is 247 Å². The van der Waals surface area contributed by atoms with Crippen LogP contribution in [0.4, 0.5) is 26.4 Å². The van der Waals surface area contributed by atoms with Crippen molar-refractivity contribution < 1.29 is 13.9 Å². The highest BCUT2D eigenvalue weighted by atomic mass is 35.5. The van der Waals surface area contributed by atoms with E-state index in [0.29, 0.717) is 39.6 Å². The number of hydrogen-bond acceptors (Lipinski definition) is 7. The summed E-state index contributed by atoms with van der Waals surface area (Å²) in [6, 6.07) is 17.5. The van der Waals surface area contributed by atoms with E-state index >= 15 is 0 Å².